The zero-order valence-electron chi connectivity index (χ0n) is 9.98. The minimum atomic E-state index is -0.388. The maximum Gasteiger partial charge on any atom is 0.312 e. The van der Waals surface area contributed by atoms with E-state index in [0.29, 0.717) is 25.6 Å². The number of amides is 2. The van der Waals surface area contributed by atoms with E-state index in [1.807, 2.05) is 0 Å². The summed E-state index contributed by atoms with van der Waals surface area (Å²) in [5, 5.41) is 0. The van der Waals surface area contributed by atoms with Crippen molar-refractivity contribution < 1.29 is 9.59 Å². The van der Waals surface area contributed by atoms with Crippen molar-refractivity contribution in [2.45, 2.75) is 19.8 Å². The van der Waals surface area contributed by atoms with Crippen LogP contribution in [0.1, 0.15) is 19.8 Å². The third-order valence-corrected chi connectivity index (χ3v) is 3.47. The minimum Gasteiger partial charge on any atom is -0.336 e. The zero-order valence-corrected chi connectivity index (χ0v) is 10.9. The van der Waals surface area contributed by atoms with Gasteiger partial charge < -0.3 is 9.80 Å². The fraction of sp³-hybridized carbons (Fsp3) is 0.818. The molecule has 0 aromatic rings. The van der Waals surface area contributed by atoms with E-state index in [2.05, 4.69) is 19.6 Å². The highest BCUT2D eigenvalue weighted by Crippen LogP contribution is 2.13. The lowest BCUT2D eigenvalue weighted by molar-refractivity contribution is -0.155. The fourth-order valence-electron chi connectivity index (χ4n) is 1.91. The zero-order chi connectivity index (χ0) is 12.1. The van der Waals surface area contributed by atoms with Crippen molar-refractivity contribution in [3.05, 3.63) is 0 Å². The van der Waals surface area contributed by atoms with Crippen LogP contribution in [0.2, 0.25) is 0 Å². The van der Waals surface area contributed by atoms with Gasteiger partial charge in [-0.1, -0.05) is 13.3 Å². The van der Waals surface area contributed by atoms with E-state index in [9.17, 15) is 9.59 Å². The number of piperazine rings is 1. The van der Waals surface area contributed by atoms with Crippen LogP contribution >= 0.6 is 12.6 Å². The van der Waals surface area contributed by atoms with Crippen molar-refractivity contribution >= 4 is 24.4 Å². The molecule has 0 aromatic carbocycles. The second-order valence-electron chi connectivity index (χ2n) is 4.32. The summed E-state index contributed by atoms with van der Waals surface area (Å²) in [7, 11) is 1.67. The molecule has 1 unspecified atom stereocenters. The van der Waals surface area contributed by atoms with E-state index in [0.717, 1.165) is 18.6 Å². The number of hydrogen-bond donors (Lipinski definition) is 1. The fourth-order valence-corrected chi connectivity index (χ4v) is 2.20. The van der Waals surface area contributed by atoms with Gasteiger partial charge in [-0.25, -0.2) is 0 Å². The van der Waals surface area contributed by atoms with Gasteiger partial charge in [-0.15, -0.1) is 0 Å². The van der Waals surface area contributed by atoms with Crippen LogP contribution in [0.15, 0.2) is 0 Å². The Kier molecular flexibility index (Phi) is 5.12. The predicted octanol–water partition coefficient (Wildman–Crippen LogP) is 0.633. The van der Waals surface area contributed by atoms with E-state index in [1.165, 1.54) is 4.90 Å². The van der Waals surface area contributed by atoms with Crippen LogP contribution < -0.4 is 0 Å². The molecule has 2 amide bonds. The second-order valence-corrected chi connectivity index (χ2v) is 4.68. The van der Waals surface area contributed by atoms with Crippen molar-refractivity contribution in [2.24, 2.45) is 5.92 Å². The lowest BCUT2D eigenvalue weighted by atomic mass is 10.0. The lowest BCUT2D eigenvalue weighted by Crippen LogP contribution is -2.53. The third-order valence-electron chi connectivity index (χ3n) is 2.96. The van der Waals surface area contributed by atoms with Crippen LogP contribution in [0.3, 0.4) is 0 Å². The molecule has 1 fully saturated rings. The molecule has 0 bridgehead atoms. The van der Waals surface area contributed by atoms with Crippen LogP contribution in [0.25, 0.3) is 0 Å². The average Bonchev–Trinajstić information content (AvgIpc) is 2.29. The molecule has 0 radical (unpaired) electrons. The standard InChI is InChI=1S/C11H20N2O2S/c1-3-4-9(8-16)7-13-6-5-12(2)10(14)11(13)15/h9,16H,3-8H2,1-2H3. The molecule has 1 aliphatic rings. The van der Waals surface area contributed by atoms with E-state index in [-0.39, 0.29) is 11.8 Å². The molecule has 0 aliphatic carbocycles. The van der Waals surface area contributed by atoms with Gasteiger partial charge in [0.15, 0.2) is 0 Å². The Labute approximate surface area is 102 Å². The molecule has 1 aliphatic heterocycles. The molecule has 0 saturated carbocycles. The van der Waals surface area contributed by atoms with Gasteiger partial charge >= 0.3 is 11.8 Å². The Morgan fingerprint density at radius 2 is 2.00 bits per heavy atom. The molecule has 1 atom stereocenters. The maximum atomic E-state index is 11.7. The number of nitrogens with zero attached hydrogens (tertiary/aromatic N) is 2. The topological polar surface area (TPSA) is 40.6 Å². The number of thiol groups is 1. The van der Waals surface area contributed by atoms with E-state index in [4.69, 9.17) is 0 Å². The number of carbonyl (C=O) groups excluding carboxylic acids is 2. The highest BCUT2D eigenvalue weighted by atomic mass is 32.1. The Morgan fingerprint density at radius 3 is 2.56 bits per heavy atom. The minimum absolute atomic E-state index is 0.364. The van der Waals surface area contributed by atoms with Crippen LogP contribution in [0.5, 0.6) is 0 Å². The first-order valence-electron chi connectivity index (χ1n) is 5.75. The van der Waals surface area contributed by atoms with Gasteiger partial charge in [0, 0.05) is 26.7 Å². The monoisotopic (exact) mass is 244 g/mol. The highest BCUT2D eigenvalue weighted by Gasteiger charge is 2.31. The summed E-state index contributed by atoms with van der Waals surface area (Å²) in [6.07, 6.45) is 2.14. The second kappa shape index (κ2) is 6.13. The molecule has 92 valence electrons. The van der Waals surface area contributed by atoms with Crippen LogP contribution in [0.4, 0.5) is 0 Å². The highest BCUT2D eigenvalue weighted by molar-refractivity contribution is 7.80. The number of carbonyl (C=O) groups is 2. The molecule has 1 heterocycles. The summed E-state index contributed by atoms with van der Waals surface area (Å²) in [6.45, 7) is 4.06. The molecular weight excluding hydrogens is 224 g/mol. The van der Waals surface area contributed by atoms with Crippen molar-refractivity contribution in [1.82, 2.24) is 9.80 Å². The van der Waals surface area contributed by atoms with Crippen molar-refractivity contribution in [3.63, 3.8) is 0 Å². The lowest BCUT2D eigenvalue weighted by Gasteiger charge is -2.33. The first kappa shape index (κ1) is 13.4. The van der Waals surface area contributed by atoms with Crippen molar-refractivity contribution in [3.8, 4) is 0 Å². The summed E-state index contributed by atoms with van der Waals surface area (Å²) < 4.78 is 0. The van der Waals surface area contributed by atoms with E-state index < -0.39 is 0 Å². The predicted molar refractivity (Wildman–Crippen MR) is 66.5 cm³/mol. The van der Waals surface area contributed by atoms with Gasteiger partial charge in [0.2, 0.25) is 0 Å². The third kappa shape index (κ3) is 3.14. The smallest absolute Gasteiger partial charge is 0.312 e. The first-order valence-corrected chi connectivity index (χ1v) is 6.38. The van der Waals surface area contributed by atoms with Gasteiger partial charge in [0.05, 0.1) is 0 Å². The maximum absolute atomic E-state index is 11.7. The van der Waals surface area contributed by atoms with Crippen LogP contribution in [-0.4, -0.2) is 54.0 Å². The Bertz CT molecular complexity index is 271. The van der Waals surface area contributed by atoms with Gasteiger partial charge in [-0.2, -0.15) is 12.6 Å². The number of rotatable bonds is 5. The summed E-state index contributed by atoms with van der Waals surface area (Å²) in [6, 6.07) is 0. The molecule has 1 rings (SSSR count). The molecule has 0 N–H and O–H groups in total. The molecule has 5 heteroatoms. The van der Waals surface area contributed by atoms with Crippen molar-refractivity contribution in [1.29, 1.82) is 0 Å². The average molecular weight is 244 g/mol. The molecule has 16 heavy (non-hydrogen) atoms. The Balaban J connectivity index is 2.54. The molecule has 0 spiro atoms. The van der Waals surface area contributed by atoms with Gasteiger partial charge in [-0.05, 0) is 18.1 Å². The molecule has 0 aromatic heterocycles. The number of hydrogen-bond acceptors (Lipinski definition) is 3. The van der Waals surface area contributed by atoms with Crippen LogP contribution in [-0.2, 0) is 9.59 Å². The van der Waals surface area contributed by atoms with E-state index in [1.54, 1.807) is 11.9 Å². The molecule has 1 saturated heterocycles. The Hall–Kier alpha value is -0.710. The van der Waals surface area contributed by atoms with Crippen LogP contribution in [0, 0.1) is 5.92 Å². The summed E-state index contributed by atoms with van der Waals surface area (Å²) in [5.41, 5.74) is 0. The van der Waals surface area contributed by atoms with E-state index >= 15 is 0 Å². The quantitative estimate of drug-likeness (QED) is 0.569. The van der Waals surface area contributed by atoms with Gasteiger partial charge in [0.1, 0.15) is 0 Å². The number of likely N-dealkylation sites (N-methyl/N-ethyl adjacent to an activating group) is 1. The summed E-state index contributed by atoms with van der Waals surface area (Å²) in [5.74, 6) is 0.410. The Morgan fingerprint density at radius 1 is 1.31 bits per heavy atom. The molecular formula is C11H20N2O2S. The summed E-state index contributed by atoms with van der Waals surface area (Å²) in [4.78, 5) is 26.3. The normalized spacial score (nSPS) is 19.2. The van der Waals surface area contributed by atoms with Crippen molar-refractivity contribution in [2.75, 3.05) is 32.4 Å². The molecule has 4 nitrogen and oxygen atoms in total. The van der Waals surface area contributed by atoms with Gasteiger partial charge in [0.25, 0.3) is 0 Å². The summed E-state index contributed by atoms with van der Waals surface area (Å²) >= 11 is 4.29. The van der Waals surface area contributed by atoms with Gasteiger partial charge in [-0.3, -0.25) is 9.59 Å². The first-order chi connectivity index (χ1) is 7.60. The SMILES string of the molecule is CCCC(CS)CN1CCN(C)C(=O)C1=O. The largest absolute Gasteiger partial charge is 0.336 e.